The minimum absolute atomic E-state index is 0.176. The van der Waals surface area contributed by atoms with Crippen molar-refractivity contribution in [2.45, 2.75) is 13.8 Å². The smallest absolute Gasteiger partial charge is 0.340 e. The average molecular weight is 427 g/mol. The van der Waals surface area contributed by atoms with Crippen molar-refractivity contribution < 1.29 is 14.3 Å². The first-order valence-electron chi connectivity index (χ1n) is 9.98. The third-order valence-electron chi connectivity index (χ3n) is 5.14. The van der Waals surface area contributed by atoms with E-state index in [0.717, 1.165) is 5.56 Å². The summed E-state index contributed by atoms with van der Waals surface area (Å²) in [5.41, 5.74) is 3.39. The van der Waals surface area contributed by atoms with Gasteiger partial charge in [0.05, 0.1) is 29.3 Å². The molecule has 2 aromatic carbocycles. The van der Waals surface area contributed by atoms with Crippen LogP contribution in [0.25, 0.3) is 27.7 Å². The van der Waals surface area contributed by atoms with E-state index in [-0.39, 0.29) is 17.0 Å². The number of aromatic nitrogens is 2. The Morgan fingerprint density at radius 3 is 2.31 bits per heavy atom. The number of hydrogen-bond acceptors (Lipinski definition) is 5. The minimum atomic E-state index is -0.551. The zero-order valence-electron chi connectivity index (χ0n) is 17.9. The monoisotopic (exact) mass is 427 g/mol. The number of fused-ring (bicyclic) bond motifs is 1. The third-order valence-corrected chi connectivity index (χ3v) is 5.14. The number of nitrogens with one attached hydrogen (secondary N) is 1. The van der Waals surface area contributed by atoms with E-state index in [1.165, 1.54) is 18.6 Å². The second-order valence-corrected chi connectivity index (χ2v) is 7.28. The van der Waals surface area contributed by atoms with Crippen LogP contribution in [0, 0.1) is 6.92 Å². The van der Waals surface area contributed by atoms with Crippen LogP contribution in [0.4, 0.5) is 5.69 Å². The number of carbonyl (C=O) groups is 2. The van der Waals surface area contributed by atoms with Crippen LogP contribution in [0.15, 0.2) is 71.7 Å². The number of nitrogens with zero attached hydrogens (tertiary/aromatic N) is 2. The Labute approximate surface area is 184 Å². The fourth-order valence-electron chi connectivity index (χ4n) is 3.75. The van der Waals surface area contributed by atoms with Gasteiger partial charge in [-0.15, -0.1) is 0 Å². The number of hydrogen-bond donors (Lipinski definition) is 1. The Bertz CT molecular complexity index is 1390. The highest BCUT2D eigenvalue weighted by Crippen LogP contribution is 2.32. The molecule has 7 nitrogen and oxygen atoms in total. The maximum Gasteiger partial charge on any atom is 0.340 e. The first-order valence-corrected chi connectivity index (χ1v) is 9.98. The molecule has 1 N–H and O–H groups in total. The van der Waals surface area contributed by atoms with Gasteiger partial charge < -0.3 is 10.1 Å². The highest BCUT2D eigenvalue weighted by molar-refractivity contribution is 6.07. The van der Waals surface area contributed by atoms with Crippen molar-refractivity contribution in [2.75, 3.05) is 12.4 Å². The lowest BCUT2D eigenvalue weighted by Crippen LogP contribution is -2.20. The lowest BCUT2D eigenvalue weighted by Gasteiger charge is -2.15. The maximum atomic E-state index is 13.7. The molecule has 0 spiro atoms. The molecule has 0 unspecified atom stereocenters. The number of ether oxygens (including phenoxy) is 1. The van der Waals surface area contributed by atoms with Crippen LogP contribution in [0.1, 0.15) is 23.0 Å². The molecule has 0 aliphatic heterocycles. The minimum Gasteiger partial charge on any atom is -0.465 e. The zero-order valence-corrected chi connectivity index (χ0v) is 17.9. The van der Waals surface area contributed by atoms with E-state index in [1.807, 2.05) is 30.3 Å². The van der Waals surface area contributed by atoms with E-state index in [4.69, 9.17) is 4.74 Å². The summed E-state index contributed by atoms with van der Waals surface area (Å²) >= 11 is 0. The lowest BCUT2D eigenvalue weighted by molar-refractivity contribution is -0.114. The molecule has 0 bridgehead atoms. The van der Waals surface area contributed by atoms with Crippen LogP contribution in [-0.4, -0.2) is 28.5 Å². The highest BCUT2D eigenvalue weighted by atomic mass is 16.5. The van der Waals surface area contributed by atoms with Crippen molar-refractivity contribution in [1.29, 1.82) is 0 Å². The Morgan fingerprint density at radius 1 is 1.00 bits per heavy atom. The van der Waals surface area contributed by atoms with Crippen molar-refractivity contribution in [3.05, 3.63) is 88.5 Å². The zero-order chi connectivity index (χ0) is 22.8. The van der Waals surface area contributed by atoms with Crippen molar-refractivity contribution in [2.24, 2.45) is 0 Å². The van der Waals surface area contributed by atoms with Gasteiger partial charge in [-0.25, -0.2) is 4.79 Å². The van der Waals surface area contributed by atoms with Gasteiger partial charge in [-0.3, -0.25) is 19.1 Å². The van der Waals surface area contributed by atoms with Crippen molar-refractivity contribution in [3.8, 4) is 16.8 Å². The van der Waals surface area contributed by atoms with E-state index in [0.29, 0.717) is 33.5 Å². The number of amides is 1. The summed E-state index contributed by atoms with van der Waals surface area (Å²) in [6.07, 6.45) is 1.65. The molecule has 0 radical (unpaired) electrons. The molecule has 0 saturated carbocycles. The van der Waals surface area contributed by atoms with Gasteiger partial charge in [-0.2, -0.15) is 0 Å². The van der Waals surface area contributed by atoms with Crippen LogP contribution in [-0.2, 0) is 9.53 Å². The molecule has 1 amide bonds. The van der Waals surface area contributed by atoms with Crippen molar-refractivity contribution >= 4 is 28.5 Å². The van der Waals surface area contributed by atoms with Crippen molar-refractivity contribution in [3.63, 3.8) is 0 Å². The Hall–Kier alpha value is -4.26. The maximum absolute atomic E-state index is 13.7. The summed E-state index contributed by atoms with van der Waals surface area (Å²) in [6.45, 7) is 3.16. The van der Waals surface area contributed by atoms with Gasteiger partial charge in [0, 0.05) is 30.1 Å². The second kappa shape index (κ2) is 8.47. The average Bonchev–Trinajstić information content (AvgIpc) is 2.79. The van der Waals surface area contributed by atoms with E-state index >= 15 is 0 Å². The highest BCUT2D eigenvalue weighted by Gasteiger charge is 2.23. The van der Waals surface area contributed by atoms with E-state index in [2.05, 4.69) is 10.3 Å². The van der Waals surface area contributed by atoms with Crippen LogP contribution >= 0.6 is 0 Å². The predicted octanol–water partition coefficient (Wildman–Crippen LogP) is 4.11. The summed E-state index contributed by atoms with van der Waals surface area (Å²) in [7, 11) is 1.31. The van der Waals surface area contributed by atoms with Crippen molar-refractivity contribution in [1.82, 2.24) is 9.55 Å². The molecule has 160 valence electrons. The van der Waals surface area contributed by atoms with Gasteiger partial charge in [0.1, 0.15) is 0 Å². The molecule has 2 aromatic heterocycles. The van der Waals surface area contributed by atoms with Gasteiger partial charge >= 0.3 is 5.97 Å². The topological polar surface area (TPSA) is 90.3 Å². The molecule has 4 aromatic rings. The van der Waals surface area contributed by atoms with E-state index < -0.39 is 5.97 Å². The normalized spacial score (nSPS) is 10.7. The predicted molar refractivity (Wildman–Crippen MR) is 123 cm³/mol. The number of pyridine rings is 2. The van der Waals surface area contributed by atoms with Gasteiger partial charge in [0.15, 0.2) is 0 Å². The lowest BCUT2D eigenvalue weighted by atomic mass is 9.95. The molecule has 2 heterocycles. The summed E-state index contributed by atoms with van der Waals surface area (Å²) < 4.78 is 6.50. The second-order valence-electron chi connectivity index (χ2n) is 7.28. The Morgan fingerprint density at radius 2 is 1.69 bits per heavy atom. The van der Waals surface area contributed by atoms with E-state index in [1.54, 1.807) is 43.5 Å². The standard InChI is InChI=1S/C25H21N3O4/c1-15-21(25(31)32-3)22(17-7-5-4-6-8-17)23-20(26-15)13-14-28(24(23)30)19-11-9-18(10-12-19)27-16(2)29/h4-14H,1-3H3,(H,27,29). The molecule has 0 saturated heterocycles. The summed E-state index contributed by atoms with van der Waals surface area (Å²) in [5, 5.41) is 3.03. The van der Waals surface area contributed by atoms with Crippen LogP contribution in [0.2, 0.25) is 0 Å². The number of rotatable bonds is 4. The first kappa shape index (κ1) is 21.0. The SMILES string of the molecule is COC(=O)c1c(C)nc2ccn(-c3ccc(NC(C)=O)cc3)c(=O)c2c1-c1ccccc1. The third kappa shape index (κ3) is 3.76. The Kier molecular flexibility index (Phi) is 5.55. The number of anilines is 1. The van der Waals surface area contributed by atoms with Gasteiger partial charge in [0.25, 0.3) is 5.56 Å². The molecule has 7 heteroatoms. The van der Waals surface area contributed by atoms with Crippen LogP contribution < -0.4 is 10.9 Å². The fraction of sp³-hybridized carbons (Fsp3) is 0.120. The summed E-state index contributed by atoms with van der Waals surface area (Å²) in [5.74, 6) is -0.727. The summed E-state index contributed by atoms with van der Waals surface area (Å²) in [4.78, 5) is 42.1. The van der Waals surface area contributed by atoms with Crippen LogP contribution in [0.3, 0.4) is 0 Å². The number of methoxy groups -OCH3 is 1. The molecular formula is C25H21N3O4. The van der Waals surface area contributed by atoms with Gasteiger partial charge in [-0.1, -0.05) is 30.3 Å². The van der Waals surface area contributed by atoms with Gasteiger partial charge in [0.2, 0.25) is 5.91 Å². The first-order chi connectivity index (χ1) is 15.4. The van der Waals surface area contributed by atoms with Crippen LogP contribution in [0.5, 0.6) is 0 Å². The van der Waals surface area contributed by atoms with Gasteiger partial charge in [-0.05, 0) is 42.8 Å². The molecule has 0 fully saturated rings. The number of aryl methyl sites for hydroxylation is 1. The molecule has 0 aliphatic carbocycles. The fourth-order valence-corrected chi connectivity index (χ4v) is 3.75. The largest absolute Gasteiger partial charge is 0.465 e. The molecule has 32 heavy (non-hydrogen) atoms. The molecule has 4 rings (SSSR count). The Balaban J connectivity index is 2.01. The van der Waals surface area contributed by atoms with E-state index in [9.17, 15) is 14.4 Å². The number of esters is 1. The summed E-state index contributed by atoms with van der Waals surface area (Å²) in [6, 6.07) is 17.9. The molecule has 0 aliphatic rings. The number of benzene rings is 2. The number of carbonyl (C=O) groups excluding carboxylic acids is 2. The molecule has 0 atom stereocenters. The quantitative estimate of drug-likeness (QED) is 0.495. The molecular weight excluding hydrogens is 406 g/mol.